The lowest BCUT2D eigenvalue weighted by Gasteiger charge is -2.35. The standard InChI is InChI=1S/C8H15NO4/c1-5(8(12)13)9-3-2-6(10)7(11)4-9/h5-7,10-11H,2-4H2,1H3,(H,12,13)/t5?,6-,7+/m1/s1. The van der Waals surface area contributed by atoms with Gasteiger partial charge in [-0.1, -0.05) is 0 Å². The van der Waals surface area contributed by atoms with E-state index in [4.69, 9.17) is 5.11 Å². The maximum Gasteiger partial charge on any atom is 0.320 e. The molecule has 13 heavy (non-hydrogen) atoms. The molecule has 1 saturated heterocycles. The average Bonchev–Trinajstić information content (AvgIpc) is 2.08. The zero-order chi connectivity index (χ0) is 10.0. The van der Waals surface area contributed by atoms with Crippen LogP contribution < -0.4 is 0 Å². The molecule has 0 aliphatic carbocycles. The number of carboxylic acids is 1. The van der Waals surface area contributed by atoms with Gasteiger partial charge < -0.3 is 15.3 Å². The zero-order valence-corrected chi connectivity index (χ0v) is 7.55. The molecule has 3 atom stereocenters. The summed E-state index contributed by atoms with van der Waals surface area (Å²) in [4.78, 5) is 12.3. The molecular formula is C8H15NO4. The Bertz CT molecular complexity index is 197. The molecule has 3 N–H and O–H groups in total. The fraction of sp³-hybridized carbons (Fsp3) is 0.875. The Labute approximate surface area is 76.6 Å². The second-order valence-electron chi connectivity index (χ2n) is 3.43. The summed E-state index contributed by atoms with van der Waals surface area (Å²) >= 11 is 0. The summed E-state index contributed by atoms with van der Waals surface area (Å²) in [5.74, 6) is -0.899. The minimum absolute atomic E-state index is 0.231. The van der Waals surface area contributed by atoms with Crippen LogP contribution in [0.2, 0.25) is 0 Å². The number of β-amino-alcohol motifs (C(OH)–C–C–N with tert-alkyl or cyclic N) is 1. The van der Waals surface area contributed by atoms with Gasteiger partial charge in [-0.15, -0.1) is 0 Å². The molecule has 1 unspecified atom stereocenters. The molecule has 76 valence electrons. The molecule has 0 aromatic heterocycles. The number of aliphatic carboxylic acids is 1. The molecule has 1 aliphatic rings. The summed E-state index contributed by atoms with van der Waals surface area (Å²) in [6.45, 7) is 2.33. The van der Waals surface area contributed by atoms with Crippen LogP contribution in [0.5, 0.6) is 0 Å². The van der Waals surface area contributed by atoms with Crippen LogP contribution in [0.1, 0.15) is 13.3 Å². The van der Waals surface area contributed by atoms with Gasteiger partial charge in [0, 0.05) is 13.1 Å². The van der Waals surface area contributed by atoms with Gasteiger partial charge in [-0.25, -0.2) is 0 Å². The highest BCUT2D eigenvalue weighted by molar-refractivity contribution is 5.72. The number of carboxylic acid groups (broad SMARTS) is 1. The molecule has 1 rings (SSSR count). The maximum atomic E-state index is 10.6. The first-order valence-electron chi connectivity index (χ1n) is 4.35. The normalized spacial score (nSPS) is 32.8. The van der Waals surface area contributed by atoms with E-state index in [0.29, 0.717) is 13.0 Å². The number of carbonyl (C=O) groups is 1. The second kappa shape index (κ2) is 4.04. The first-order chi connectivity index (χ1) is 6.02. The van der Waals surface area contributed by atoms with Gasteiger partial charge in [0.25, 0.3) is 0 Å². The summed E-state index contributed by atoms with van der Waals surface area (Å²) in [6, 6.07) is -0.595. The van der Waals surface area contributed by atoms with Crippen LogP contribution in [0.4, 0.5) is 0 Å². The number of piperidine rings is 1. The van der Waals surface area contributed by atoms with Crippen molar-refractivity contribution in [2.75, 3.05) is 13.1 Å². The summed E-state index contributed by atoms with van der Waals surface area (Å²) in [5.41, 5.74) is 0. The molecule has 1 fully saturated rings. The molecule has 1 heterocycles. The first-order valence-corrected chi connectivity index (χ1v) is 4.35. The number of aliphatic hydroxyl groups excluding tert-OH is 2. The summed E-state index contributed by atoms with van der Waals surface area (Å²) in [7, 11) is 0. The third kappa shape index (κ3) is 2.40. The lowest BCUT2D eigenvalue weighted by Crippen LogP contribution is -2.51. The van der Waals surface area contributed by atoms with E-state index in [0.717, 1.165) is 0 Å². The van der Waals surface area contributed by atoms with Gasteiger partial charge in [-0.2, -0.15) is 0 Å². The predicted molar refractivity (Wildman–Crippen MR) is 45.3 cm³/mol. The van der Waals surface area contributed by atoms with Gasteiger partial charge in [0.05, 0.1) is 12.2 Å². The van der Waals surface area contributed by atoms with Crippen LogP contribution in [0.3, 0.4) is 0 Å². The first kappa shape index (κ1) is 10.4. The lowest BCUT2D eigenvalue weighted by atomic mass is 10.0. The third-order valence-corrected chi connectivity index (χ3v) is 2.48. The highest BCUT2D eigenvalue weighted by Gasteiger charge is 2.30. The van der Waals surface area contributed by atoms with Crippen molar-refractivity contribution in [2.45, 2.75) is 31.6 Å². The van der Waals surface area contributed by atoms with E-state index in [-0.39, 0.29) is 6.54 Å². The van der Waals surface area contributed by atoms with E-state index in [1.807, 2.05) is 0 Å². The number of likely N-dealkylation sites (tertiary alicyclic amines) is 1. The summed E-state index contributed by atoms with van der Waals surface area (Å²) in [6.07, 6.45) is -1.11. The Balaban J connectivity index is 2.50. The van der Waals surface area contributed by atoms with Gasteiger partial charge in [-0.05, 0) is 13.3 Å². The molecule has 5 heteroatoms. The number of aliphatic hydroxyl groups is 2. The fourth-order valence-electron chi connectivity index (χ4n) is 1.45. The van der Waals surface area contributed by atoms with E-state index in [1.165, 1.54) is 0 Å². The molecule has 0 bridgehead atoms. The number of hydrogen-bond acceptors (Lipinski definition) is 4. The number of rotatable bonds is 2. The average molecular weight is 189 g/mol. The van der Waals surface area contributed by atoms with Crippen molar-refractivity contribution >= 4 is 5.97 Å². The minimum atomic E-state index is -0.899. The monoisotopic (exact) mass is 189 g/mol. The molecule has 1 aliphatic heterocycles. The van der Waals surface area contributed by atoms with Crippen molar-refractivity contribution in [3.63, 3.8) is 0 Å². The molecule has 0 spiro atoms. The lowest BCUT2D eigenvalue weighted by molar-refractivity contribution is -0.145. The maximum absolute atomic E-state index is 10.6. The zero-order valence-electron chi connectivity index (χ0n) is 7.55. The van der Waals surface area contributed by atoms with E-state index in [2.05, 4.69) is 0 Å². The van der Waals surface area contributed by atoms with Gasteiger partial charge >= 0.3 is 5.97 Å². The highest BCUT2D eigenvalue weighted by atomic mass is 16.4. The molecule has 5 nitrogen and oxygen atoms in total. The Morgan fingerprint density at radius 1 is 1.46 bits per heavy atom. The Morgan fingerprint density at radius 3 is 2.54 bits per heavy atom. The second-order valence-corrected chi connectivity index (χ2v) is 3.43. The topological polar surface area (TPSA) is 81.0 Å². The van der Waals surface area contributed by atoms with Crippen LogP contribution >= 0.6 is 0 Å². The van der Waals surface area contributed by atoms with Gasteiger partial charge in [0.15, 0.2) is 0 Å². The van der Waals surface area contributed by atoms with E-state index < -0.39 is 24.2 Å². The Morgan fingerprint density at radius 2 is 2.08 bits per heavy atom. The third-order valence-electron chi connectivity index (χ3n) is 2.48. The highest BCUT2D eigenvalue weighted by Crippen LogP contribution is 2.13. The molecule has 0 aromatic carbocycles. The van der Waals surface area contributed by atoms with E-state index in [1.54, 1.807) is 11.8 Å². The Kier molecular flexibility index (Phi) is 3.24. The van der Waals surface area contributed by atoms with Gasteiger partial charge in [0.1, 0.15) is 6.04 Å². The van der Waals surface area contributed by atoms with Crippen molar-refractivity contribution in [3.8, 4) is 0 Å². The van der Waals surface area contributed by atoms with Crippen LogP contribution in [-0.2, 0) is 4.79 Å². The van der Waals surface area contributed by atoms with Crippen molar-refractivity contribution < 1.29 is 20.1 Å². The smallest absolute Gasteiger partial charge is 0.320 e. The van der Waals surface area contributed by atoms with E-state index >= 15 is 0 Å². The predicted octanol–water partition coefficient (Wildman–Crippen LogP) is -1.11. The van der Waals surface area contributed by atoms with E-state index in [9.17, 15) is 15.0 Å². The van der Waals surface area contributed by atoms with Crippen LogP contribution in [-0.4, -0.2) is 57.5 Å². The van der Waals surface area contributed by atoms with Crippen molar-refractivity contribution in [3.05, 3.63) is 0 Å². The molecule has 0 saturated carbocycles. The largest absolute Gasteiger partial charge is 0.480 e. The minimum Gasteiger partial charge on any atom is -0.480 e. The Hall–Kier alpha value is -0.650. The molecule has 0 aromatic rings. The van der Waals surface area contributed by atoms with Gasteiger partial charge in [-0.3, -0.25) is 9.69 Å². The van der Waals surface area contributed by atoms with Crippen LogP contribution in [0.15, 0.2) is 0 Å². The SMILES string of the molecule is CC(C(=O)O)N1CC[C@@H](O)[C@@H](O)C1. The summed E-state index contributed by atoms with van der Waals surface area (Å²) in [5, 5.41) is 27.2. The van der Waals surface area contributed by atoms with Crippen molar-refractivity contribution in [2.24, 2.45) is 0 Å². The quantitative estimate of drug-likeness (QED) is 0.513. The van der Waals surface area contributed by atoms with Crippen molar-refractivity contribution in [1.29, 1.82) is 0 Å². The molecule has 0 radical (unpaired) electrons. The fourth-order valence-corrected chi connectivity index (χ4v) is 1.45. The van der Waals surface area contributed by atoms with Crippen LogP contribution in [0, 0.1) is 0 Å². The summed E-state index contributed by atoms with van der Waals surface area (Å²) < 4.78 is 0. The number of nitrogens with zero attached hydrogens (tertiary/aromatic N) is 1. The van der Waals surface area contributed by atoms with Crippen LogP contribution in [0.25, 0.3) is 0 Å². The molecular weight excluding hydrogens is 174 g/mol. The molecule has 0 amide bonds. The van der Waals surface area contributed by atoms with Gasteiger partial charge in [0.2, 0.25) is 0 Å². The number of hydrogen-bond donors (Lipinski definition) is 3. The van der Waals surface area contributed by atoms with Crippen molar-refractivity contribution in [1.82, 2.24) is 4.90 Å².